The minimum Gasteiger partial charge on any atom is -0.493 e. The first kappa shape index (κ1) is 34.4. The van der Waals surface area contributed by atoms with Crippen molar-refractivity contribution < 1.29 is 36.7 Å². The van der Waals surface area contributed by atoms with Gasteiger partial charge in [0, 0.05) is 38.2 Å². The van der Waals surface area contributed by atoms with Gasteiger partial charge < -0.3 is 25.4 Å². The van der Waals surface area contributed by atoms with Crippen LogP contribution in [0.15, 0.2) is 41.3 Å². The first-order valence-electron chi connectivity index (χ1n) is 15.0. The van der Waals surface area contributed by atoms with E-state index in [-0.39, 0.29) is 73.1 Å². The molecule has 4 N–H and O–H groups in total. The van der Waals surface area contributed by atoms with Crippen LogP contribution >= 0.6 is 0 Å². The number of carbonyl (C=O) groups is 3. The average Bonchev–Trinajstić information content (AvgIpc) is 3.38. The van der Waals surface area contributed by atoms with E-state index in [4.69, 9.17) is 9.47 Å². The predicted octanol–water partition coefficient (Wildman–Crippen LogP) is 3.08. The number of hydrogen-bond donors (Lipinski definition) is 4. The van der Waals surface area contributed by atoms with Crippen LogP contribution in [0.3, 0.4) is 0 Å². The van der Waals surface area contributed by atoms with Crippen molar-refractivity contribution in [2.75, 3.05) is 26.7 Å². The second-order valence-corrected chi connectivity index (χ2v) is 12.7. The van der Waals surface area contributed by atoms with Crippen LogP contribution in [0.5, 0.6) is 17.2 Å². The molecule has 3 amide bonds. The van der Waals surface area contributed by atoms with Crippen LogP contribution in [0.1, 0.15) is 59.9 Å². The number of halogens is 1. The van der Waals surface area contributed by atoms with Gasteiger partial charge in [-0.3, -0.25) is 19.5 Å². The SMILES string of the molecule is CC[C@@H]1NC(=O)CCCN(S(=O)(=O)c2c(C)n[nH]c2C)CCCNC(=O)c2ccc(OC)c(c2)Oc2ccc(cc2F)CNC1=O. The van der Waals surface area contributed by atoms with Crippen molar-refractivity contribution in [1.82, 2.24) is 30.5 Å². The van der Waals surface area contributed by atoms with Crippen molar-refractivity contribution in [3.63, 3.8) is 0 Å². The highest BCUT2D eigenvalue weighted by Crippen LogP contribution is 2.34. The second-order valence-electron chi connectivity index (χ2n) is 10.9. The maximum absolute atomic E-state index is 15.0. The number of carbonyl (C=O) groups excluding carboxylic acids is 3. The van der Waals surface area contributed by atoms with E-state index in [2.05, 4.69) is 26.1 Å². The molecule has 2 aliphatic rings. The molecule has 13 nitrogen and oxygen atoms in total. The van der Waals surface area contributed by atoms with E-state index >= 15 is 4.39 Å². The van der Waals surface area contributed by atoms with Gasteiger partial charge in [0.25, 0.3) is 5.91 Å². The number of fused-ring (bicyclic) bond motifs is 16. The molecule has 3 heterocycles. The van der Waals surface area contributed by atoms with Crippen molar-refractivity contribution in [1.29, 1.82) is 0 Å². The summed E-state index contributed by atoms with van der Waals surface area (Å²) in [6.45, 7) is 5.17. The third-order valence-corrected chi connectivity index (χ3v) is 9.67. The van der Waals surface area contributed by atoms with Crippen LogP contribution in [0.25, 0.3) is 0 Å². The summed E-state index contributed by atoms with van der Waals surface area (Å²) >= 11 is 0. The number of methoxy groups -OCH3 is 1. The molecular weight excluding hydrogens is 619 g/mol. The molecule has 2 aliphatic heterocycles. The van der Waals surface area contributed by atoms with E-state index in [0.717, 1.165) is 0 Å². The van der Waals surface area contributed by atoms with Gasteiger partial charge in [0.15, 0.2) is 23.1 Å². The normalized spacial score (nSPS) is 17.8. The fourth-order valence-electron chi connectivity index (χ4n) is 5.06. The number of aromatic amines is 1. The van der Waals surface area contributed by atoms with Gasteiger partial charge in [-0.1, -0.05) is 13.0 Å². The third kappa shape index (κ3) is 8.20. The van der Waals surface area contributed by atoms with Gasteiger partial charge >= 0.3 is 0 Å². The molecule has 2 aromatic carbocycles. The molecular formula is C31H39FN6O7S. The number of hydrogen-bond acceptors (Lipinski definition) is 8. The maximum Gasteiger partial charge on any atom is 0.251 e. The predicted molar refractivity (Wildman–Crippen MR) is 167 cm³/mol. The topological polar surface area (TPSA) is 172 Å². The van der Waals surface area contributed by atoms with Crippen molar-refractivity contribution in [2.45, 2.75) is 63.9 Å². The highest BCUT2D eigenvalue weighted by molar-refractivity contribution is 7.89. The van der Waals surface area contributed by atoms with E-state index in [9.17, 15) is 22.8 Å². The summed E-state index contributed by atoms with van der Waals surface area (Å²) < 4.78 is 54.8. The van der Waals surface area contributed by atoms with E-state index in [1.165, 1.54) is 41.7 Å². The standard InChI is InChI=1S/C31H39FN6O7S/c1-5-24-31(41)34-18-21-9-11-25(23(32)16-21)45-27-17-22(10-12-26(27)44-4)30(40)33-13-7-15-38(14-6-8-28(39)35-24)46(42,43)29-19(2)36-37-20(29)3/h9-12,16-17,24H,5-8,13-15,18H2,1-4H3,(H,33,40)(H,34,41)(H,35,39)(H,36,37)/t24-/m0/s1. The molecule has 248 valence electrons. The Labute approximate surface area is 267 Å². The summed E-state index contributed by atoms with van der Waals surface area (Å²) in [5.74, 6) is -1.73. The number of ether oxygens (including phenoxy) is 2. The highest BCUT2D eigenvalue weighted by Gasteiger charge is 2.29. The number of benzene rings is 2. The lowest BCUT2D eigenvalue weighted by Crippen LogP contribution is -2.46. The number of aryl methyl sites for hydroxylation is 2. The third-order valence-electron chi connectivity index (χ3n) is 7.51. The first-order valence-corrected chi connectivity index (χ1v) is 16.4. The highest BCUT2D eigenvalue weighted by atomic mass is 32.2. The largest absolute Gasteiger partial charge is 0.493 e. The number of rotatable bonds is 4. The van der Waals surface area contributed by atoms with Gasteiger partial charge in [-0.05, 0) is 69.0 Å². The van der Waals surface area contributed by atoms with Gasteiger partial charge in [-0.15, -0.1) is 0 Å². The van der Waals surface area contributed by atoms with E-state index in [1.54, 1.807) is 26.8 Å². The molecule has 3 aromatic rings. The Balaban J connectivity index is 1.61. The number of sulfonamides is 1. The minimum atomic E-state index is -3.99. The lowest BCUT2D eigenvalue weighted by molar-refractivity contribution is -0.129. The van der Waals surface area contributed by atoms with Crippen LogP contribution in [-0.4, -0.2) is 73.4 Å². The summed E-state index contributed by atoms with van der Waals surface area (Å²) in [6, 6.07) is 7.86. The monoisotopic (exact) mass is 658 g/mol. The fraction of sp³-hybridized carbons (Fsp3) is 0.419. The smallest absolute Gasteiger partial charge is 0.251 e. The van der Waals surface area contributed by atoms with Crippen LogP contribution in [0, 0.1) is 19.7 Å². The number of amides is 3. The number of H-pyrrole nitrogens is 1. The maximum atomic E-state index is 15.0. The van der Waals surface area contributed by atoms with Crippen molar-refractivity contribution in [3.05, 3.63) is 64.7 Å². The van der Waals surface area contributed by atoms with Crippen molar-refractivity contribution >= 4 is 27.7 Å². The molecule has 5 rings (SSSR count). The molecule has 0 unspecified atom stereocenters. The zero-order chi connectivity index (χ0) is 33.4. The summed E-state index contributed by atoms with van der Waals surface area (Å²) in [6.07, 6.45) is 0.737. The Bertz CT molecular complexity index is 1670. The van der Waals surface area contributed by atoms with Gasteiger partial charge in [-0.2, -0.15) is 9.40 Å². The molecule has 0 spiro atoms. The average molecular weight is 659 g/mol. The lowest BCUT2D eigenvalue weighted by atomic mass is 10.1. The summed E-state index contributed by atoms with van der Waals surface area (Å²) in [5.41, 5.74) is 1.39. The summed E-state index contributed by atoms with van der Waals surface area (Å²) in [7, 11) is -2.57. The molecule has 0 radical (unpaired) electrons. The van der Waals surface area contributed by atoms with Gasteiger partial charge in [-0.25, -0.2) is 12.8 Å². The van der Waals surface area contributed by atoms with Crippen molar-refractivity contribution in [3.8, 4) is 17.2 Å². The van der Waals surface area contributed by atoms with E-state index in [0.29, 0.717) is 23.4 Å². The van der Waals surface area contributed by atoms with Crippen molar-refractivity contribution in [2.24, 2.45) is 0 Å². The minimum absolute atomic E-state index is 0.00104. The molecule has 0 saturated carbocycles. The molecule has 46 heavy (non-hydrogen) atoms. The number of nitrogens with one attached hydrogen (secondary N) is 4. The van der Waals surface area contributed by atoms with Gasteiger partial charge in [0.05, 0.1) is 18.5 Å². The zero-order valence-corrected chi connectivity index (χ0v) is 27.1. The van der Waals surface area contributed by atoms with Crippen LogP contribution in [0.2, 0.25) is 0 Å². The first-order chi connectivity index (χ1) is 21.9. The Morgan fingerprint density at radius 2 is 1.80 bits per heavy atom. The van der Waals surface area contributed by atoms with Crippen LogP contribution in [-0.2, 0) is 26.2 Å². The number of nitrogens with zero attached hydrogens (tertiary/aromatic N) is 2. The second kappa shape index (κ2) is 15.2. The van der Waals surface area contributed by atoms with Crippen LogP contribution in [0.4, 0.5) is 4.39 Å². The Morgan fingerprint density at radius 1 is 1.04 bits per heavy atom. The van der Waals surface area contributed by atoms with E-state index < -0.39 is 39.6 Å². The molecule has 15 heteroatoms. The molecule has 0 aliphatic carbocycles. The van der Waals surface area contributed by atoms with E-state index in [1.807, 2.05) is 0 Å². The molecule has 0 fully saturated rings. The molecule has 4 bridgehead atoms. The summed E-state index contributed by atoms with van der Waals surface area (Å²) in [4.78, 5) is 38.7. The lowest BCUT2D eigenvalue weighted by Gasteiger charge is -2.23. The molecule has 1 atom stereocenters. The number of aromatic nitrogens is 2. The van der Waals surface area contributed by atoms with Gasteiger partial charge in [0.1, 0.15) is 10.9 Å². The zero-order valence-electron chi connectivity index (χ0n) is 26.2. The Hall–Kier alpha value is -4.50. The summed E-state index contributed by atoms with van der Waals surface area (Å²) in [5, 5.41) is 14.9. The Morgan fingerprint density at radius 3 is 2.48 bits per heavy atom. The fourth-order valence-corrected chi connectivity index (χ4v) is 6.91. The molecule has 1 aromatic heterocycles. The van der Waals surface area contributed by atoms with Crippen LogP contribution < -0.4 is 25.4 Å². The molecule has 0 saturated heterocycles. The quantitative estimate of drug-likeness (QED) is 0.331. The van der Waals surface area contributed by atoms with Gasteiger partial charge in [0.2, 0.25) is 21.8 Å². The Kier molecular flexibility index (Phi) is 11.4.